The van der Waals surface area contributed by atoms with Gasteiger partial charge in [0.25, 0.3) is 5.91 Å². The van der Waals surface area contributed by atoms with Crippen molar-refractivity contribution < 1.29 is 14.4 Å². The van der Waals surface area contributed by atoms with Gasteiger partial charge in [-0.05, 0) is 50.2 Å². The smallest absolute Gasteiger partial charge is 0.253 e. The third-order valence-electron chi connectivity index (χ3n) is 4.48. The van der Waals surface area contributed by atoms with Crippen LogP contribution in [0.25, 0.3) is 0 Å². The first-order valence-electron chi connectivity index (χ1n) is 9.12. The van der Waals surface area contributed by atoms with E-state index in [1.807, 2.05) is 13.8 Å². The Morgan fingerprint density at radius 2 is 1.79 bits per heavy atom. The highest BCUT2D eigenvalue weighted by Crippen LogP contribution is 2.27. The van der Waals surface area contributed by atoms with Crippen LogP contribution in [0.2, 0.25) is 5.02 Å². The molecule has 3 amide bonds. The number of para-hydroxylation sites is 1. The number of carbonyl (C=O) groups is 3. The maximum absolute atomic E-state index is 12.7. The number of hydrogen-bond donors (Lipinski definition) is 2. The van der Waals surface area contributed by atoms with Crippen LogP contribution in [0.1, 0.15) is 30.6 Å². The van der Waals surface area contributed by atoms with Crippen molar-refractivity contribution in [3.8, 4) is 0 Å². The summed E-state index contributed by atoms with van der Waals surface area (Å²) in [5, 5.41) is 6.21. The number of carbonyl (C=O) groups excluding carboxylic acids is 3. The second-order valence-corrected chi connectivity index (χ2v) is 7.48. The van der Waals surface area contributed by atoms with Gasteiger partial charge >= 0.3 is 0 Å². The zero-order valence-corrected chi connectivity index (χ0v) is 16.5. The highest BCUT2D eigenvalue weighted by atomic mass is 35.5. The number of nitrogens with zero attached hydrogens (tertiary/aromatic N) is 1. The van der Waals surface area contributed by atoms with E-state index in [0.29, 0.717) is 22.0 Å². The van der Waals surface area contributed by atoms with Gasteiger partial charge in [-0.1, -0.05) is 23.7 Å². The minimum Gasteiger partial charge on any atom is -0.350 e. The molecule has 0 unspecified atom stereocenters. The van der Waals surface area contributed by atoms with Crippen molar-refractivity contribution in [2.75, 3.05) is 16.8 Å². The molecule has 0 spiro atoms. The van der Waals surface area contributed by atoms with Crippen molar-refractivity contribution in [3.05, 3.63) is 59.1 Å². The number of amides is 3. The zero-order chi connectivity index (χ0) is 20.3. The molecule has 0 saturated carbocycles. The summed E-state index contributed by atoms with van der Waals surface area (Å²) in [6.45, 7) is 4.02. The van der Waals surface area contributed by atoms with Gasteiger partial charge in [0.05, 0.1) is 17.2 Å². The van der Waals surface area contributed by atoms with E-state index in [0.717, 1.165) is 0 Å². The lowest BCUT2D eigenvalue weighted by Crippen LogP contribution is -2.32. The van der Waals surface area contributed by atoms with E-state index < -0.39 is 5.92 Å². The Morgan fingerprint density at radius 3 is 2.46 bits per heavy atom. The second kappa shape index (κ2) is 8.44. The van der Waals surface area contributed by atoms with Crippen molar-refractivity contribution in [2.24, 2.45) is 5.92 Å². The monoisotopic (exact) mass is 399 g/mol. The fraction of sp³-hybridized carbons (Fsp3) is 0.286. The van der Waals surface area contributed by atoms with Crippen LogP contribution in [0.4, 0.5) is 11.4 Å². The predicted molar refractivity (Wildman–Crippen MR) is 110 cm³/mol. The molecular formula is C21H22ClN3O3. The molecule has 1 aliphatic heterocycles. The molecular weight excluding hydrogens is 378 g/mol. The van der Waals surface area contributed by atoms with Crippen LogP contribution in [0.15, 0.2) is 48.5 Å². The normalized spacial score (nSPS) is 16.4. The summed E-state index contributed by atoms with van der Waals surface area (Å²) in [6, 6.07) is 13.7. The second-order valence-electron chi connectivity index (χ2n) is 7.04. The van der Waals surface area contributed by atoms with Gasteiger partial charge in [-0.25, -0.2) is 0 Å². The van der Waals surface area contributed by atoms with Crippen molar-refractivity contribution in [1.29, 1.82) is 0 Å². The molecule has 6 nitrogen and oxygen atoms in total. The molecule has 2 aromatic carbocycles. The van der Waals surface area contributed by atoms with Crippen LogP contribution in [0, 0.1) is 5.92 Å². The molecule has 146 valence electrons. The van der Waals surface area contributed by atoms with Gasteiger partial charge in [0, 0.05) is 29.7 Å². The van der Waals surface area contributed by atoms with Gasteiger partial charge < -0.3 is 15.5 Å². The van der Waals surface area contributed by atoms with E-state index >= 15 is 0 Å². The molecule has 0 aliphatic carbocycles. The Labute approximate surface area is 168 Å². The fourth-order valence-electron chi connectivity index (χ4n) is 3.12. The molecule has 7 heteroatoms. The van der Waals surface area contributed by atoms with Crippen LogP contribution >= 0.6 is 11.6 Å². The first kappa shape index (κ1) is 19.9. The molecule has 0 aromatic heterocycles. The summed E-state index contributed by atoms with van der Waals surface area (Å²) in [6.07, 6.45) is 0.120. The molecule has 1 heterocycles. The highest BCUT2D eigenvalue weighted by molar-refractivity contribution is 6.30. The Bertz CT molecular complexity index is 896. The SMILES string of the molecule is CC(C)NC(=O)c1ccccc1NC(=O)[C@@H]1CC(=O)N(c2ccc(Cl)cc2)C1. The summed E-state index contributed by atoms with van der Waals surface area (Å²) in [4.78, 5) is 39.1. The average Bonchev–Trinajstić information content (AvgIpc) is 3.04. The van der Waals surface area contributed by atoms with Gasteiger partial charge in [-0.2, -0.15) is 0 Å². The van der Waals surface area contributed by atoms with Crippen molar-refractivity contribution in [1.82, 2.24) is 5.32 Å². The number of halogens is 1. The summed E-state index contributed by atoms with van der Waals surface area (Å²) < 4.78 is 0. The van der Waals surface area contributed by atoms with Crippen LogP contribution in [-0.4, -0.2) is 30.3 Å². The minimum absolute atomic E-state index is 0.0170. The highest BCUT2D eigenvalue weighted by Gasteiger charge is 2.35. The van der Waals surface area contributed by atoms with Gasteiger partial charge in [-0.15, -0.1) is 0 Å². The maximum atomic E-state index is 12.7. The lowest BCUT2D eigenvalue weighted by molar-refractivity contribution is -0.122. The van der Waals surface area contributed by atoms with Crippen LogP contribution in [0.3, 0.4) is 0 Å². The zero-order valence-electron chi connectivity index (χ0n) is 15.7. The predicted octanol–water partition coefficient (Wildman–Crippen LogP) is 3.47. The third-order valence-corrected chi connectivity index (χ3v) is 4.74. The molecule has 1 saturated heterocycles. The molecule has 1 atom stereocenters. The Kier molecular flexibility index (Phi) is 5.99. The van der Waals surface area contributed by atoms with Crippen molar-refractivity contribution in [3.63, 3.8) is 0 Å². The molecule has 2 N–H and O–H groups in total. The van der Waals surface area contributed by atoms with Gasteiger partial charge in [0.15, 0.2) is 0 Å². The van der Waals surface area contributed by atoms with E-state index in [9.17, 15) is 14.4 Å². The van der Waals surface area contributed by atoms with Crippen molar-refractivity contribution >= 4 is 40.7 Å². The topological polar surface area (TPSA) is 78.5 Å². The van der Waals surface area contributed by atoms with E-state index in [1.165, 1.54) is 0 Å². The Balaban J connectivity index is 1.71. The molecule has 1 fully saturated rings. The molecule has 2 aromatic rings. The van der Waals surface area contributed by atoms with E-state index in [-0.39, 0.29) is 36.7 Å². The minimum atomic E-state index is -0.496. The largest absolute Gasteiger partial charge is 0.350 e. The van der Waals surface area contributed by atoms with Crippen LogP contribution < -0.4 is 15.5 Å². The number of nitrogens with one attached hydrogen (secondary N) is 2. The third kappa shape index (κ3) is 4.51. The van der Waals surface area contributed by atoms with Gasteiger partial charge in [-0.3, -0.25) is 14.4 Å². The number of benzene rings is 2. The standard InChI is InChI=1S/C21H22ClN3O3/c1-13(2)23-21(28)17-5-3-4-6-18(17)24-20(27)14-11-19(26)25(12-14)16-9-7-15(22)8-10-16/h3-10,13-14H,11-12H2,1-2H3,(H,23,28)(H,24,27)/t14-/m1/s1. The van der Waals surface area contributed by atoms with E-state index in [2.05, 4.69) is 10.6 Å². The first-order chi connectivity index (χ1) is 13.3. The Hall–Kier alpha value is -2.86. The molecule has 1 aliphatic rings. The lowest BCUT2D eigenvalue weighted by Gasteiger charge is -2.17. The van der Waals surface area contributed by atoms with E-state index in [4.69, 9.17) is 11.6 Å². The molecule has 0 bridgehead atoms. The number of anilines is 2. The number of rotatable bonds is 5. The molecule has 0 radical (unpaired) electrons. The molecule has 28 heavy (non-hydrogen) atoms. The first-order valence-corrected chi connectivity index (χ1v) is 9.49. The summed E-state index contributed by atoms with van der Waals surface area (Å²) in [7, 11) is 0. The van der Waals surface area contributed by atoms with Crippen LogP contribution in [0.5, 0.6) is 0 Å². The Morgan fingerprint density at radius 1 is 1.11 bits per heavy atom. The van der Waals surface area contributed by atoms with E-state index in [1.54, 1.807) is 53.4 Å². The molecule has 3 rings (SSSR count). The fourth-order valence-corrected chi connectivity index (χ4v) is 3.24. The maximum Gasteiger partial charge on any atom is 0.253 e. The average molecular weight is 400 g/mol. The lowest BCUT2D eigenvalue weighted by atomic mass is 10.1. The summed E-state index contributed by atoms with van der Waals surface area (Å²) >= 11 is 5.90. The van der Waals surface area contributed by atoms with Gasteiger partial charge in [0.2, 0.25) is 11.8 Å². The summed E-state index contributed by atoms with van der Waals surface area (Å²) in [5.41, 5.74) is 1.54. The quantitative estimate of drug-likeness (QED) is 0.808. The van der Waals surface area contributed by atoms with Crippen LogP contribution in [-0.2, 0) is 9.59 Å². The van der Waals surface area contributed by atoms with Crippen molar-refractivity contribution in [2.45, 2.75) is 26.3 Å². The van der Waals surface area contributed by atoms with Gasteiger partial charge in [0.1, 0.15) is 0 Å². The summed E-state index contributed by atoms with van der Waals surface area (Å²) in [5.74, 6) is -1.15. The number of hydrogen-bond acceptors (Lipinski definition) is 3.